The fourth-order valence-corrected chi connectivity index (χ4v) is 8.10. The van der Waals surface area contributed by atoms with Crippen molar-refractivity contribution in [3.8, 4) is 51.0 Å². The lowest BCUT2D eigenvalue weighted by Crippen LogP contribution is -2.24. The van der Waals surface area contributed by atoms with E-state index in [2.05, 4.69) is 111 Å². The van der Waals surface area contributed by atoms with Crippen molar-refractivity contribution >= 4 is 22.7 Å². The fourth-order valence-electron chi connectivity index (χ4n) is 6.67. The molecule has 46 heavy (non-hydrogen) atoms. The average Bonchev–Trinajstić information content (AvgIpc) is 3.11. The number of nitrogens with zero attached hydrogens (tertiary/aromatic N) is 3. The van der Waals surface area contributed by atoms with E-state index in [1.54, 1.807) is 0 Å². The van der Waals surface area contributed by atoms with Gasteiger partial charge >= 0.3 is 0 Å². The highest BCUT2D eigenvalue weighted by molar-refractivity contribution is 7.99. The average molecular weight is 608 g/mol. The number of aromatic nitrogens is 2. The Morgan fingerprint density at radius 2 is 1.26 bits per heavy atom. The van der Waals surface area contributed by atoms with Crippen molar-refractivity contribution in [1.82, 2.24) is 9.97 Å². The fraction of sp³-hybridized carbons (Fsp3) is 0.0714. The van der Waals surface area contributed by atoms with Crippen LogP contribution in [-0.2, 0) is 5.41 Å². The van der Waals surface area contributed by atoms with Crippen LogP contribution in [0.15, 0.2) is 149 Å². The van der Waals surface area contributed by atoms with Crippen LogP contribution in [0.3, 0.4) is 0 Å². The number of benzene rings is 6. The minimum absolute atomic E-state index is 0.118. The molecule has 4 heteroatoms. The van der Waals surface area contributed by atoms with E-state index in [0.29, 0.717) is 11.4 Å². The maximum atomic E-state index is 9.42. The molecule has 1 aliphatic heterocycles. The van der Waals surface area contributed by atoms with E-state index >= 15 is 0 Å². The Balaban J connectivity index is 1.20. The Kier molecular flexibility index (Phi) is 6.78. The summed E-state index contributed by atoms with van der Waals surface area (Å²) in [5, 5.41) is 10.4. The summed E-state index contributed by atoms with van der Waals surface area (Å²) in [6, 6.07) is 50.6. The predicted octanol–water partition coefficient (Wildman–Crippen LogP) is 11.0. The Morgan fingerprint density at radius 3 is 2.11 bits per heavy atom. The number of hydrogen-bond acceptors (Lipinski definition) is 4. The highest BCUT2D eigenvalue weighted by Gasteiger charge is 2.35. The first-order valence-electron chi connectivity index (χ1n) is 15.4. The number of nitriles is 1. The first-order chi connectivity index (χ1) is 22.5. The lowest BCUT2D eigenvalue weighted by Gasteiger charge is -2.36. The zero-order valence-electron chi connectivity index (χ0n) is 25.5. The van der Waals surface area contributed by atoms with Crippen molar-refractivity contribution in [3.05, 3.63) is 156 Å². The molecule has 1 aromatic heterocycles. The Morgan fingerprint density at radius 1 is 0.587 bits per heavy atom. The van der Waals surface area contributed by atoms with E-state index in [0.717, 1.165) is 38.9 Å². The van der Waals surface area contributed by atoms with Gasteiger partial charge in [-0.05, 0) is 69.8 Å². The van der Waals surface area contributed by atoms with Gasteiger partial charge < -0.3 is 0 Å². The number of para-hydroxylation sites is 1. The summed E-state index contributed by atoms with van der Waals surface area (Å²) in [6.45, 7) is 4.67. The van der Waals surface area contributed by atoms with E-state index < -0.39 is 0 Å². The maximum absolute atomic E-state index is 9.42. The number of fused-ring (bicyclic) bond motifs is 3. The Bertz CT molecular complexity index is 2330. The number of hydrogen-bond donors (Lipinski definition) is 0. The third kappa shape index (κ3) is 4.77. The molecule has 0 atom stereocenters. The minimum atomic E-state index is -0.118. The third-order valence-electron chi connectivity index (χ3n) is 8.95. The van der Waals surface area contributed by atoms with E-state index in [1.807, 2.05) is 60.3 Å². The van der Waals surface area contributed by atoms with E-state index in [4.69, 9.17) is 9.97 Å². The first kappa shape index (κ1) is 28.0. The van der Waals surface area contributed by atoms with Crippen LogP contribution in [0.2, 0.25) is 0 Å². The summed E-state index contributed by atoms with van der Waals surface area (Å²) in [4.78, 5) is 12.8. The molecular weight excluding hydrogens is 579 g/mol. The van der Waals surface area contributed by atoms with Crippen LogP contribution in [0, 0.1) is 11.3 Å². The molecule has 0 aliphatic carbocycles. The normalized spacial score (nSPS) is 13.1. The van der Waals surface area contributed by atoms with Crippen molar-refractivity contribution in [1.29, 1.82) is 5.26 Å². The van der Waals surface area contributed by atoms with Crippen molar-refractivity contribution in [2.24, 2.45) is 0 Å². The van der Waals surface area contributed by atoms with Gasteiger partial charge in [-0.3, -0.25) is 0 Å². The predicted molar refractivity (Wildman–Crippen MR) is 189 cm³/mol. The Labute approximate surface area is 273 Å². The summed E-state index contributed by atoms with van der Waals surface area (Å²) in [6.07, 6.45) is 0. The van der Waals surface area contributed by atoms with Crippen molar-refractivity contribution in [3.63, 3.8) is 0 Å². The van der Waals surface area contributed by atoms with Crippen molar-refractivity contribution < 1.29 is 0 Å². The Hall–Kier alpha value is -5.50. The summed E-state index contributed by atoms with van der Waals surface area (Å²) in [5.41, 5.74) is 11.5. The van der Waals surface area contributed by atoms with Gasteiger partial charge in [0, 0.05) is 31.7 Å². The summed E-state index contributed by atoms with van der Waals surface area (Å²) in [5.74, 6) is 0.692. The summed E-state index contributed by atoms with van der Waals surface area (Å²) >= 11 is 1.86. The van der Waals surface area contributed by atoms with E-state index in [-0.39, 0.29) is 5.41 Å². The number of rotatable bonds is 4. The molecule has 0 N–H and O–H groups in total. The van der Waals surface area contributed by atoms with Gasteiger partial charge in [-0.25, -0.2) is 9.97 Å². The molecule has 6 aromatic carbocycles. The molecule has 2 heterocycles. The molecule has 0 radical (unpaired) electrons. The molecule has 0 saturated heterocycles. The molecule has 1 aliphatic rings. The van der Waals surface area contributed by atoms with Crippen LogP contribution in [0.4, 0.5) is 0 Å². The van der Waals surface area contributed by atoms with Crippen LogP contribution in [0.1, 0.15) is 30.5 Å². The van der Waals surface area contributed by atoms with Gasteiger partial charge in [0.1, 0.15) is 0 Å². The highest BCUT2D eigenvalue weighted by atomic mass is 32.2. The molecule has 0 bridgehead atoms. The highest BCUT2D eigenvalue weighted by Crippen LogP contribution is 2.52. The van der Waals surface area contributed by atoms with Crippen molar-refractivity contribution in [2.75, 3.05) is 0 Å². The molecule has 7 aromatic rings. The van der Waals surface area contributed by atoms with Gasteiger partial charge in [0.05, 0.1) is 22.8 Å². The van der Waals surface area contributed by atoms with Crippen LogP contribution in [0.5, 0.6) is 0 Å². The van der Waals surface area contributed by atoms with Gasteiger partial charge in [0.15, 0.2) is 5.82 Å². The van der Waals surface area contributed by atoms with Gasteiger partial charge in [-0.15, -0.1) is 0 Å². The topological polar surface area (TPSA) is 49.6 Å². The van der Waals surface area contributed by atoms with Gasteiger partial charge in [0.25, 0.3) is 0 Å². The minimum Gasteiger partial charge on any atom is -0.228 e. The monoisotopic (exact) mass is 607 g/mol. The van der Waals surface area contributed by atoms with E-state index in [1.165, 1.54) is 32.0 Å². The largest absolute Gasteiger partial charge is 0.228 e. The lowest BCUT2D eigenvalue weighted by atomic mass is 9.74. The second-order valence-corrected chi connectivity index (χ2v) is 13.2. The van der Waals surface area contributed by atoms with Crippen LogP contribution >= 0.6 is 11.8 Å². The SMILES string of the molecule is CC1(C)c2ccccc2Sc2cccc(-c3ccc(-c4nc(-c5cccc(-c6cccc(C#N)c6)c5)c5ccccc5n4)cc3)c21. The zero-order chi connectivity index (χ0) is 31.3. The second kappa shape index (κ2) is 11.1. The third-order valence-corrected chi connectivity index (χ3v) is 10.1. The maximum Gasteiger partial charge on any atom is 0.160 e. The quantitative estimate of drug-likeness (QED) is 0.200. The zero-order valence-corrected chi connectivity index (χ0v) is 26.3. The smallest absolute Gasteiger partial charge is 0.160 e. The van der Waals surface area contributed by atoms with Crippen LogP contribution in [-0.4, -0.2) is 9.97 Å². The van der Waals surface area contributed by atoms with Gasteiger partial charge in [-0.1, -0.05) is 129 Å². The standard InChI is InChI=1S/C42H29N3S/c1-42(2)35-16-4-6-18-37(35)46-38-19-9-15-33(39(38)42)28-20-22-29(23-21-28)41-44-36-17-5-3-14-34(36)40(45-41)32-13-8-12-31(25-32)30-11-7-10-27(24-30)26-43/h3-25H,1-2H3. The lowest BCUT2D eigenvalue weighted by molar-refractivity contribution is 0.609. The van der Waals surface area contributed by atoms with Gasteiger partial charge in [0.2, 0.25) is 0 Å². The molecule has 218 valence electrons. The molecule has 0 unspecified atom stereocenters. The summed E-state index contributed by atoms with van der Waals surface area (Å²) < 4.78 is 0. The molecule has 0 amide bonds. The second-order valence-electron chi connectivity index (χ2n) is 12.2. The van der Waals surface area contributed by atoms with Crippen LogP contribution in [0.25, 0.3) is 55.8 Å². The van der Waals surface area contributed by atoms with Crippen LogP contribution < -0.4 is 0 Å². The molecular formula is C42H29N3S. The van der Waals surface area contributed by atoms with Gasteiger partial charge in [-0.2, -0.15) is 5.26 Å². The molecule has 0 fully saturated rings. The molecule has 0 spiro atoms. The molecule has 3 nitrogen and oxygen atoms in total. The van der Waals surface area contributed by atoms with E-state index in [9.17, 15) is 5.26 Å². The summed E-state index contributed by atoms with van der Waals surface area (Å²) in [7, 11) is 0. The molecule has 0 saturated carbocycles. The first-order valence-corrected chi connectivity index (χ1v) is 16.2. The molecule has 8 rings (SSSR count). The van der Waals surface area contributed by atoms with Crippen molar-refractivity contribution in [2.45, 2.75) is 29.1 Å².